The summed E-state index contributed by atoms with van der Waals surface area (Å²) in [7, 11) is 0. The molecular formula is C17H17NO3S. The van der Waals surface area contributed by atoms with E-state index in [1.807, 2.05) is 12.1 Å². The number of nitro benzene ring substituents is 1. The number of hydrogen-bond donors (Lipinski definition) is 0. The van der Waals surface area contributed by atoms with Crippen LogP contribution in [-0.4, -0.2) is 11.0 Å². The van der Waals surface area contributed by atoms with Gasteiger partial charge < -0.3 is 4.74 Å². The number of benzene rings is 1. The highest BCUT2D eigenvalue weighted by Crippen LogP contribution is 2.49. The Bertz CT molecular complexity index is 711. The van der Waals surface area contributed by atoms with Crippen molar-refractivity contribution in [3.8, 4) is 0 Å². The minimum atomic E-state index is -0.308. The molecule has 0 radical (unpaired) electrons. The lowest BCUT2D eigenvalue weighted by atomic mass is 9.80. The zero-order valence-electron chi connectivity index (χ0n) is 12.1. The van der Waals surface area contributed by atoms with Crippen LogP contribution in [0.1, 0.15) is 53.7 Å². The second kappa shape index (κ2) is 5.48. The van der Waals surface area contributed by atoms with Crippen LogP contribution in [0.15, 0.2) is 35.7 Å². The molecule has 3 atom stereocenters. The van der Waals surface area contributed by atoms with Crippen molar-refractivity contribution < 1.29 is 9.66 Å². The SMILES string of the molecule is O=[N+]([O-])c1ccccc1[C@@H]1O[C@@H]2CCCC[C@H]2c2sccc21. The number of thiophene rings is 1. The molecule has 2 aromatic rings. The van der Waals surface area contributed by atoms with Gasteiger partial charge in [-0.15, -0.1) is 11.3 Å². The molecule has 1 aromatic heterocycles. The molecule has 4 rings (SSSR count). The summed E-state index contributed by atoms with van der Waals surface area (Å²) in [6.07, 6.45) is 4.55. The second-order valence-electron chi connectivity index (χ2n) is 6.00. The van der Waals surface area contributed by atoms with E-state index >= 15 is 0 Å². The topological polar surface area (TPSA) is 52.4 Å². The predicted octanol–water partition coefficient (Wildman–Crippen LogP) is 4.80. The van der Waals surface area contributed by atoms with E-state index in [1.165, 1.54) is 24.1 Å². The van der Waals surface area contributed by atoms with Crippen molar-refractivity contribution in [1.82, 2.24) is 0 Å². The van der Waals surface area contributed by atoms with Gasteiger partial charge >= 0.3 is 0 Å². The molecule has 0 N–H and O–H groups in total. The van der Waals surface area contributed by atoms with Crippen LogP contribution in [-0.2, 0) is 4.74 Å². The normalized spacial score (nSPS) is 27.0. The molecule has 0 amide bonds. The molecule has 1 aromatic carbocycles. The smallest absolute Gasteiger partial charge is 0.275 e. The van der Waals surface area contributed by atoms with Gasteiger partial charge in [-0.3, -0.25) is 10.1 Å². The van der Waals surface area contributed by atoms with Gasteiger partial charge in [-0.05, 0) is 35.9 Å². The van der Waals surface area contributed by atoms with Crippen LogP contribution in [0.4, 0.5) is 5.69 Å². The average molecular weight is 315 g/mol. The Labute approximate surface area is 132 Å². The van der Waals surface area contributed by atoms with Gasteiger partial charge in [0.2, 0.25) is 0 Å². The number of para-hydroxylation sites is 1. The van der Waals surface area contributed by atoms with Crippen molar-refractivity contribution >= 4 is 17.0 Å². The minimum absolute atomic E-state index is 0.152. The molecule has 114 valence electrons. The van der Waals surface area contributed by atoms with Gasteiger partial charge in [0.05, 0.1) is 16.6 Å². The van der Waals surface area contributed by atoms with E-state index in [-0.39, 0.29) is 22.8 Å². The lowest BCUT2D eigenvalue weighted by Crippen LogP contribution is -2.32. The van der Waals surface area contributed by atoms with Crippen molar-refractivity contribution in [3.05, 3.63) is 61.8 Å². The standard InChI is InChI=1S/C17H17NO3S/c19-18(20)14-7-3-1-5-11(14)16-13-9-10-22-17(13)12-6-2-4-8-15(12)21-16/h1,3,5,7,9-10,12,15-16H,2,4,6,8H2/t12-,15-,16+/m1/s1. The van der Waals surface area contributed by atoms with Crippen LogP contribution in [0.5, 0.6) is 0 Å². The molecule has 2 aliphatic rings. The fraction of sp³-hybridized carbons (Fsp3) is 0.412. The summed E-state index contributed by atoms with van der Waals surface area (Å²) < 4.78 is 6.35. The third-order valence-electron chi connectivity index (χ3n) is 4.78. The molecule has 1 fully saturated rings. The lowest BCUT2D eigenvalue weighted by molar-refractivity contribution is -0.386. The molecule has 0 saturated heterocycles. The lowest BCUT2D eigenvalue weighted by Gasteiger charge is -2.39. The van der Waals surface area contributed by atoms with Crippen molar-refractivity contribution in [1.29, 1.82) is 0 Å². The molecule has 5 heteroatoms. The van der Waals surface area contributed by atoms with E-state index in [4.69, 9.17) is 4.74 Å². The number of ether oxygens (including phenoxy) is 1. The van der Waals surface area contributed by atoms with Gasteiger partial charge in [-0.2, -0.15) is 0 Å². The highest BCUT2D eigenvalue weighted by Gasteiger charge is 2.40. The van der Waals surface area contributed by atoms with Gasteiger partial charge in [0, 0.05) is 16.9 Å². The van der Waals surface area contributed by atoms with Gasteiger partial charge in [0.1, 0.15) is 6.10 Å². The van der Waals surface area contributed by atoms with Crippen LogP contribution in [0, 0.1) is 10.1 Å². The number of nitro groups is 1. The molecule has 0 bridgehead atoms. The summed E-state index contributed by atoms with van der Waals surface area (Å²) in [5.74, 6) is 0.475. The first-order valence-corrected chi connectivity index (χ1v) is 8.59. The Morgan fingerprint density at radius 2 is 1.95 bits per heavy atom. The molecular weight excluding hydrogens is 298 g/mol. The zero-order valence-corrected chi connectivity index (χ0v) is 12.9. The maximum absolute atomic E-state index is 11.4. The van der Waals surface area contributed by atoms with Crippen molar-refractivity contribution in [2.75, 3.05) is 0 Å². The Kier molecular flexibility index (Phi) is 3.47. The Hall–Kier alpha value is -1.72. The van der Waals surface area contributed by atoms with Crippen LogP contribution in [0.3, 0.4) is 0 Å². The van der Waals surface area contributed by atoms with Gasteiger partial charge in [-0.1, -0.05) is 25.0 Å². The van der Waals surface area contributed by atoms with Crippen LogP contribution >= 0.6 is 11.3 Å². The van der Waals surface area contributed by atoms with E-state index < -0.39 is 0 Å². The van der Waals surface area contributed by atoms with Crippen molar-refractivity contribution in [2.24, 2.45) is 0 Å². The largest absolute Gasteiger partial charge is 0.365 e. The minimum Gasteiger partial charge on any atom is -0.365 e. The van der Waals surface area contributed by atoms with Crippen molar-refractivity contribution in [3.63, 3.8) is 0 Å². The van der Waals surface area contributed by atoms with E-state index in [2.05, 4.69) is 11.4 Å². The summed E-state index contributed by atoms with van der Waals surface area (Å²) >= 11 is 1.77. The summed E-state index contributed by atoms with van der Waals surface area (Å²) in [6, 6.07) is 9.03. The predicted molar refractivity (Wildman–Crippen MR) is 85.3 cm³/mol. The quantitative estimate of drug-likeness (QED) is 0.590. The monoisotopic (exact) mass is 315 g/mol. The first-order valence-electron chi connectivity index (χ1n) is 7.72. The molecule has 22 heavy (non-hydrogen) atoms. The molecule has 0 unspecified atom stereocenters. The number of nitrogens with zero attached hydrogens (tertiary/aromatic N) is 1. The molecule has 0 spiro atoms. The molecule has 2 heterocycles. The molecule has 1 aliphatic carbocycles. The summed E-state index contributed by atoms with van der Waals surface area (Å²) in [5, 5.41) is 13.4. The molecule has 4 nitrogen and oxygen atoms in total. The number of fused-ring (bicyclic) bond motifs is 3. The van der Waals surface area contributed by atoms with E-state index in [0.717, 1.165) is 12.0 Å². The van der Waals surface area contributed by atoms with E-state index in [0.29, 0.717) is 11.5 Å². The second-order valence-corrected chi connectivity index (χ2v) is 6.95. The maximum Gasteiger partial charge on any atom is 0.275 e. The van der Waals surface area contributed by atoms with E-state index in [1.54, 1.807) is 23.5 Å². The fourth-order valence-corrected chi connectivity index (χ4v) is 4.89. The summed E-state index contributed by atoms with van der Waals surface area (Å²) in [5.41, 5.74) is 1.96. The Balaban J connectivity index is 1.81. The first kappa shape index (κ1) is 13.9. The highest BCUT2D eigenvalue weighted by molar-refractivity contribution is 7.10. The average Bonchev–Trinajstić information content (AvgIpc) is 3.04. The van der Waals surface area contributed by atoms with Crippen LogP contribution in [0.2, 0.25) is 0 Å². The molecule has 1 saturated carbocycles. The number of hydrogen-bond acceptors (Lipinski definition) is 4. The third-order valence-corrected chi connectivity index (χ3v) is 5.84. The Morgan fingerprint density at radius 1 is 1.14 bits per heavy atom. The highest BCUT2D eigenvalue weighted by atomic mass is 32.1. The van der Waals surface area contributed by atoms with E-state index in [9.17, 15) is 10.1 Å². The van der Waals surface area contributed by atoms with Gasteiger partial charge in [0.15, 0.2) is 0 Å². The zero-order chi connectivity index (χ0) is 15.1. The fourth-order valence-electron chi connectivity index (χ4n) is 3.77. The van der Waals surface area contributed by atoms with Crippen LogP contribution in [0.25, 0.3) is 0 Å². The number of rotatable bonds is 2. The summed E-state index contributed by atoms with van der Waals surface area (Å²) in [4.78, 5) is 12.4. The molecule has 1 aliphatic heterocycles. The summed E-state index contributed by atoms with van der Waals surface area (Å²) in [6.45, 7) is 0. The van der Waals surface area contributed by atoms with Gasteiger partial charge in [-0.25, -0.2) is 0 Å². The van der Waals surface area contributed by atoms with Crippen molar-refractivity contribution in [2.45, 2.75) is 43.8 Å². The first-order chi connectivity index (χ1) is 10.8. The van der Waals surface area contributed by atoms with Gasteiger partial charge in [0.25, 0.3) is 5.69 Å². The maximum atomic E-state index is 11.4. The van der Waals surface area contributed by atoms with Crippen LogP contribution < -0.4 is 0 Å². The Morgan fingerprint density at radius 3 is 2.82 bits per heavy atom. The third kappa shape index (κ3) is 2.16.